The summed E-state index contributed by atoms with van der Waals surface area (Å²) in [4.78, 5) is 23.4. The molecule has 0 fully saturated rings. The van der Waals surface area contributed by atoms with Gasteiger partial charge in [-0.15, -0.1) is 12.4 Å². The lowest BCUT2D eigenvalue weighted by Crippen LogP contribution is -2.45. The molecule has 1 rings (SSSR count). The number of rotatable bonds is 4. The summed E-state index contributed by atoms with van der Waals surface area (Å²) in [6.45, 7) is 7.79. The molecule has 118 valence electrons. The molecule has 21 heavy (non-hydrogen) atoms. The van der Waals surface area contributed by atoms with Crippen LogP contribution in [0.3, 0.4) is 0 Å². The van der Waals surface area contributed by atoms with Gasteiger partial charge in [0.25, 0.3) is 0 Å². The van der Waals surface area contributed by atoms with Crippen LogP contribution in [0.4, 0.5) is 5.69 Å². The quantitative estimate of drug-likeness (QED) is 0.837. The largest absolute Gasteiger partial charge is 0.462 e. The van der Waals surface area contributed by atoms with E-state index < -0.39 is 6.04 Å². The lowest BCUT2D eigenvalue weighted by Gasteiger charge is -2.25. The maximum atomic E-state index is 12.0. The number of esters is 1. The van der Waals surface area contributed by atoms with Gasteiger partial charge in [0.15, 0.2) is 0 Å². The number of nitrogens with one attached hydrogen (secondary N) is 1. The summed E-state index contributed by atoms with van der Waals surface area (Å²) >= 11 is 0. The zero-order valence-corrected chi connectivity index (χ0v) is 13.6. The molecule has 0 aromatic heterocycles. The van der Waals surface area contributed by atoms with Gasteiger partial charge in [0.1, 0.15) is 0 Å². The molecular weight excluding hydrogens is 292 g/mol. The van der Waals surface area contributed by atoms with Gasteiger partial charge in [0.05, 0.1) is 18.2 Å². The van der Waals surface area contributed by atoms with Crippen molar-refractivity contribution in [1.82, 2.24) is 0 Å². The molecular formula is C15H23ClN2O3. The van der Waals surface area contributed by atoms with Crippen LogP contribution in [0.1, 0.15) is 38.1 Å². The van der Waals surface area contributed by atoms with Crippen LogP contribution in [0, 0.1) is 5.41 Å². The minimum atomic E-state index is -0.604. The second-order valence-corrected chi connectivity index (χ2v) is 5.63. The summed E-state index contributed by atoms with van der Waals surface area (Å²) in [5.74, 6) is -0.627. The van der Waals surface area contributed by atoms with Crippen LogP contribution in [0.5, 0.6) is 0 Å². The highest BCUT2D eigenvalue weighted by Gasteiger charge is 2.27. The van der Waals surface area contributed by atoms with Gasteiger partial charge in [-0.25, -0.2) is 4.79 Å². The first-order chi connectivity index (χ1) is 9.25. The van der Waals surface area contributed by atoms with E-state index >= 15 is 0 Å². The van der Waals surface area contributed by atoms with Crippen molar-refractivity contribution >= 4 is 30.0 Å². The molecule has 0 aliphatic heterocycles. The van der Waals surface area contributed by atoms with Gasteiger partial charge in [-0.3, -0.25) is 4.79 Å². The number of hydrogen-bond donors (Lipinski definition) is 2. The molecule has 0 saturated carbocycles. The Morgan fingerprint density at radius 3 is 2.19 bits per heavy atom. The van der Waals surface area contributed by atoms with Crippen molar-refractivity contribution in [2.24, 2.45) is 11.1 Å². The smallest absolute Gasteiger partial charge is 0.338 e. The summed E-state index contributed by atoms with van der Waals surface area (Å²) in [5.41, 5.74) is 6.61. The summed E-state index contributed by atoms with van der Waals surface area (Å²) < 4.78 is 4.89. The van der Waals surface area contributed by atoms with E-state index in [0.717, 1.165) is 0 Å². The Bertz CT molecular complexity index is 481. The molecule has 0 spiro atoms. The third kappa shape index (κ3) is 5.73. The van der Waals surface area contributed by atoms with Crippen LogP contribution in [0.2, 0.25) is 0 Å². The molecule has 0 aliphatic carbocycles. The second kappa shape index (κ2) is 8.00. The number of halogens is 1. The lowest BCUT2D eigenvalue weighted by atomic mass is 9.87. The van der Waals surface area contributed by atoms with E-state index in [1.807, 2.05) is 20.8 Å². The van der Waals surface area contributed by atoms with E-state index in [2.05, 4.69) is 5.32 Å². The van der Waals surface area contributed by atoms with Gasteiger partial charge in [-0.05, 0) is 36.6 Å². The predicted octanol–water partition coefficient (Wildman–Crippen LogP) is 2.60. The third-order valence-corrected chi connectivity index (χ3v) is 2.88. The highest BCUT2D eigenvalue weighted by Crippen LogP contribution is 2.19. The Hall–Kier alpha value is -1.59. The van der Waals surface area contributed by atoms with E-state index in [4.69, 9.17) is 10.5 Å². The Morgan fingerprint density at radius 2 is 1.76 bits per heavy atom. The standard InChI is InChI=1S/C15H22N2O3.ClH/c1-5-20-14(19)10-6-8-11(9-7-10)17-13(18)12(16)15(2,3)4;/h6-9,12H,5,16H2,1-4H3,(H,17,18);1H/t12-;/m1./s1. The first-order valence-electron chi connectivity index (χ1n) is 6.59. The number of benzene rings is 1. The van der Waals surface area contributed by atoms with Crippen LogP contribution < -0.4 is 11.1 Å². The first-order valence-corrected chi connectivity index (χ1v) is 6.59. The third-order valence-electron chi connectivity index (χ3n) is 2.88. The number of ether oxygens (including phenoxy) is 1. The molecule has 1 atom stereocenters. The van der Waals surface area contributed by atoms with Gasteiger partial charge >= 0.3 is 5.97 Å². The normalized spacial score (nSPS) is 12.0. The summed E-state index contributed by atoms with van der Waals surface area (Å²) in [6, 6.07) is 5.91. The van der Waals surface area contributed by atoms with Crippen LogP contribution in [-0.2, 0) is 9.53 Å². The van der Waals surface area contributed by atoms with Crippen molar-refractivity contribution in [2.75, 3.05) is 11.9 Å². The van der Waals surface area contributed by atoms with Gasteiger partial charge in [0, 0.05) is 5.69 Å². The molecule has 0 heterocycles. The summed E-state index contributed by atoms with van der Waals surface area (Å²) in [6.07, 6.45) is 0. The van der Waals surface area contributed by atoms with E-state index in [0.29, 0.717) is 17.9 Å². The monoisotopic (exact) mass is 314 g/mol. The molecule has 0 radical (unpaired) electrons. The van der Waals surface area contributed by atoms with Crippen LogP contribution >= 0.6 is 12.4 Å². The number of amides is 1. The molecule has 1 aromatic rings. The Morgan fingerprint density at radius 1 is 1.24 bits per heavy atom. The SMILES string of the molecule is CCOC(=O)c1ccc(NC(=O)[C@@H](N)C(C)(C)C)cc1.Cl. The first kappa shape index (κ1) is 19.4. The molecule has 6 heteroatoms. The number of nitrogens with two attached hydrogens (primary N) is 1. The fraction of sp³-hybridized carbons (Fsp3) is 0.467. The molecule has 1 aromatic carbocycles. The fourth-order valence-corrected chi connectivity index (χ4v) is 1.52. The minimum Gasteiger partial charge on any atom is -0.462 e. The van der Waals surface area contributed by atoms with Crippen molar-refractivity contribution in [2.45, 2.75) is 33.7 Å². The zero-order chi connectivity index (χ0) is 15.3. The molecule has 0 aliphatic rings. The van der Waals surface area contributed by atoms with Crippen LogP contribution in [0.25, 0.3) is 0 Å². The van der Waals surface area contributed by atoms with Crippen LogP contribution in [-0.4, -0.2) is 24.5 Å². The average Bonchev–Trinajstić information content (AvgIpc) is 2.37. The lowest BCUT2D eigenvalue weighted by molar-refractivity contribution is -0.119. The number of carbonyl (C=O) groups excluding carboxylic acids is 2. The number of hydrogen-bond acceptors (Lipinski definition) is 4. The Balaban J connectivity index is 0.00000400. The van der Waals surface area contributed by atoms with Crippen molar-refractivity contribution in [3.8, 4) is 0 Å². The predicted molar refractivity (Wildman–Crippen MR) is 85.7 cm³/mol. The van der Waals surface area contributed by atoms with E-state index in [-0.39, 0.29) is 29.7 Å². The van der Waals surface area contributed by atoms with E-state index in [1.54, 1.807) is 31.2 Å². The molecule has 1 amide bonds. The molecule has 0 bridgehead atoms. The highest BCUT2D eigenvalue weighted by molar-refractivity contribution is 5.96. The number of carbonyl (C=O) groups is 2. The van der Waals surface area contributed by atoms with Gasteiger partial charge in [-0.2, -0.15) is 0 Å². The highest BCUT2D eigenvalue weighted by atomic mass is 35.5. The zero-order valence-electron chi connectivity index (χ0n) is 12.8. The van der Waals surface area contributed by atoms with E-state index in [9.17, 15) is 9.59 Å². The van der Waals surface area contributed by atoms with Crippen molar-refractivity contribution in [1.29, 1.82) is 0 Å². The summed E-state index contributed by atoms with van der Waals surface area (Å²) in [7, 11) is 0. The van der Waals surface area contributed by atoms with Crippen molar-refractivity contribution in [3.05, 3.63) is 29.8 Å². The maximum absolute atomic E-state index is 12.0. The average molecular weight is 315 g/mol. The molecule has 0 saturated heterocycles. The van der Waals surface area contributed by atoms with Crippen molar-refractivity contribution < 1.29 is 14.3 Å². The molecule has 0 unspecified atom stereocenters. The topological polar surface area (TPSA) is 81.4 Å². The number of anilines is 1. The maximum Gasteiger partial charge on any atom is 0.338 e. The van der Waals surface area contributed by atoms with E-state index in [1.165, 1.54) is 0 Å². The van der Waals surface area contributed by atoms with Crippen LogP contribution in [0.15, 0.2) is 24.3 Å². The minimum absolute atomic E-state index is 0. The van der Waals surface area contributed by atoms with Gasteiger partial charge < -0.3 is 15.8 Å². The Labute approximate surface area is 131 Å². The Kier molecular flexibility index (Phi) is 7.39. The summed E-state index contributed by atoms with van der Waals surface area (Å²) in [5, 5.41) is 2.73. The van der Waals surface area contributed by atoms with Gasteiger partial charge in [0.2, 0.25) is 5.91 Å². The van der Waals surface area contributed by atoms with Gasteiger partial charge in [-0.1, -0.05) is 20.8 Å². The fourth-order valence-electron chi connectivity index (χ4n) is 1.52. The second-order valence-electron chi connectivity index (χ2n) is 5.63. The molecule has 3 N–H and O–H groups in total. The van der Waals surface area contributed by atoms with Crippen molar-refractivity contribution in [3.63, 3.8) is 0 Å². The molecule has 5 nitrogen and oxygen atoms in total.